The van der Waals surface area contributed by atoms with Gasteiger partial charge in [-0.05, 0) is 37.1 Å². The molecule has 0 saturated heterocycles. The third-order valence-corrected chi connectivity index (χ3v) is 3.09. The molecule has 0 fully saturated rings. The van der Waals surface area contributed by atoms with Gasteiger partial charge in [0.05, 0.1) is 6.20 Å². The van der Waals surface area contributed by atoms with Crippen LogP contribution in [-0.4, -0.2) is 17.6 Å². The van der Waals surface area contributed by atoms with E-state index in [2.05, 4.69) is 36.3 Å². The monoisotopic (exact) mass is 258 g/mol. The minimum atomic E-state index is -0.303. The second kappa shape index (κ2) is 6.43. The summed E-state index contributed by atoms with van der Waals surface area (Å²) in [6.45, 7) is 5.26. The summed E-state index contributed by atoms with van der Waals surface area (Å²) in [6, 6.07) is 10.2. The van der Waals surface area contributed by atoms with Gasteiger partial charge in [0.2, 0.25) is 0 Å². The molecule has 0 amide bonds. The number of nitrogens with zero attached hydrogens (tertiary/aromatic N) is 1. The molecule has 1 atom stereocenters. The highest BCUT2D eigenvalue weighted by molar-refractivity contribution is 5.62. The van der Waals surface area contributed by atoms with Crippen molar-refractivity contribution >= 4 is 0 Å². The minimum absolute atomic E-state index is 0.303. The molecule has 1 aromatic carbocycles. The first kappa shape index (κ1) is 13.7. The summed E-state index contributed by atoms with van der Waals surface area (Å²) in [5.74, 6) is -0.303. The van der Waals surface area contributed by atoms with Gasteiger partial charge >= 0.3 is 0 Å². The van der Waals surface area contributed by atoms with Crippen LogP contribution in [0.1, 0.15) is 19.4 Å². The van der Waals surface area contributed by atoms with Crippen LogP contribution in [0.15, 0.2) is 42.7 Å². The van der Waals surface area contributed by atoms with Crippen LogP contribution < -0.4 is 5.32 Å². The predicted molar refractivity (Wildman–Crippen MR) is 76.5 cm³/mol. The molecular formula is C16H19FN2. The van der Waals surface area contributed by atoms with E-state index in [1.807, 2.05) is 12.1 Å². The topological polar surface area (TPSA) is 24.9 Å². The SMILES string of the molecule is CCNC(C)Cc1ccc(-c2cncc(F)c2)cc1. The van der Waals surface area contributed by atoms with E-state index in [1.165, 1.54) is 17.8 Å². The Morgan fingerprint density at radius 3 is 2.53 bits per heavy atom. The van der Waals surface area contributed by atoms with Gasteiger partial charge in [0.25, 0.3) is 0 Å². The quantitative estimate of drug-likeness (QED) is 0.888. The van der Waals surface area contributed by atoms with Crippen LogP contribution in [0.4, 0.5) is 4.39 Å². The standard InChI is InChI=1S/C16H19FN2/c1-3-19-12(2)8-13-4-6-14(7-5-13)15-9-16(17)11-18-10-15/h4-7,9-12,19H,3,8H2,1-2H3. The number of nitrogens with one attached hydrogen (secondary N) is 1. The van der Waals surface area contributed by atoms with Crippen LogP contribution in [0.3, 0.4) is 0 Å². The zero-order valence-corrected chi connectivity index (χ0v) is 11.4. The largest absolute Gasteiger partial charge is 0.314 e. The predicted octanol–water partition coefficient (Wildman–Crippen LogP) is 3.43. The van der Waals surface area contributed by atoms with Gasteiger partial charge in [-0.2, -0.15) is 0 Å². The number of benzene rings is 1. The zero-order chi connectivity index (χ0) is 13.7. The van der Waals surface area contributed by atoms with Gasteiger partial charge in [0.15, 0.2) is 0 Å². The molecule has 2 rings (SSSR count). The van der Waals surface area contributed by atoms with Gasteiger partial charge in [-0.15, -0.1) is 0 Å². The maximum atomic E-state index is 13.1. The molecule has 1 heterocycles. The van der Waals surface area contributed by atoms with Gasteiger partial charge in [0, 0.05) is 17.8 Å². The van der Waals surface area contributed by atoms with Crippen LogP contribution in [-0.2, 0) is 6.42 Å². The first-order valence-electron chi connectivity index (χ1n) is 6.62. The molecule has 0 radical (unpaired) electrons. The molecule has 2 nitrogen and oxygen atoms in total. The second-order valence-electron chi connectivity index (χ2n) is 4.75. The number of rotatable bonds is 5. The lowest BCUT2D eigenvalue weighted by Crippen LogP contribution is -2.27. The van der Waals surface area contributed by atoms with E-state index in [0.29, 0.717) is 6.04 Å². The van der Waals surface area contributed by atoms with Crippen molar-refractivity contribution in [1.82, 2.24) is 10.3 Å². The fraction of sp³-hybridized carbons (Fsp3) is 0.312. The van der Waals surface area contributed by atoms with Gasteiger partial charge < -0.3 is 5.32 Å². The van der Waals surface area contributed by atoms with Crippen LogP contribution >= 0.6 is 0 Å². The Hall–Kier alpha value is -1.74. The molecule has 0 aliphatic carbocycles. The molecule has 2 aromatic rings. The van der Waals surface area contributed by atoms with Crippen molar-refractivity contribution in [3.63, 3.8) is 0 Å². The second-order valence-corrected chi connectivity index (χ2v) is 4.75. The van der Waals surface area contributed by atoms with Crippen LogP contribution in [0.2, 0.25) is 0 Å². The molecule has 100 valence electrons. The number of likely N-dealkylation sites (N-methyl/N-ethyl adjacent to an activating group) is 1. The number of pyridine rings is 1. The fourth-order valence-corrected chi connectivity index (χ4v) is 2.18. The summed E-state index contributed by atoms with van der Waals surface area (Å²) in [5.41, 5.74) is 3.08. The van der Waals surface area contributed by atoms with Crippen molar-refractivity contribution in [3.8, 4) is 11.1 Å². The maximum absolute atomic E-state index is 13.1. The summed E-state index contributed by atoms with van der Waals surface area (Å²) in [5, 5.41) is 3.39. The molecule has 1 aromatic heterocycles. The Balaban J connectivity index is 2.10. The van der Waals surface area contributed by atoms with E-state index < -0.39 is 0 Å². The maximum Gasteiger partial charge on any atom is 0.142 e. The zero-order valence-electron chi connectivity index (χ0n) is 11.4. The number of hydrogen-bond acceptors (Lipinski definition) is 2. The molecule has 0 spiro atoms. The number of hydrogen-bond donors (Lipinski definition) is 1. The van der Waals surface area contributed by atoms with Crippen molar-refractivity contribution in [1.29, 1.82) is 0 Å². The summed E-state index contributed by atoms with van der Waals surface area (Å²) in [7, 11) is 0. The summed E-state index contributed by atoms with van der Waals surface area (Å²) >= 11 is 0. The molecule has 0 bridgehead atoms. The highest BCUT2D eigenvalue weighted by atomic mass is 19.1. The Kier molecular flexibility index (Phi) is 4.63. The van der Waals surface area contributed by atoms with Crippen LogP contribution in [0.5, 0.6) is 0 Å². The van der Waals surface area contributed by atoms with Crippen LogP contribution in [0.25, 0.3) is 11.1 Å². The van der Waals surface area contributed by atoms with Crippen LogP contribution in [0, 0.1) is 5.82 Å². The van der Waals surface area contributed by atoms with E-state index in [0.717, 1.165) is 24.1 Å². The Bertz CT molecular complexity index is 523. The van der Waals surface area contributed by atoms with Gasteiger partial charge in [0.1, 0.15) is 5.82 Å². The molecule has 0 aliphatic heterocycles. The third kappa shape index (κ3) is 3.86. The Morgan fingerprint density at radius 1 is 1.16 bits per heavy atom. The van der Waals surface area contributed by atoms with Crippen molar-refractivity contribution in [2.75, 3.05) is 6.54 Å². The average Bonchev–Trinajstić information content (AvgIpc) is 2.40. The highest BCUT2D eigenvalue weighted by Gasteiger charge is 2.03. The van der Waals surface area contributed by atoms with E-state index in [1.54, 1.807) is 6.20 Å². The van der Waals surface area contributed by atoms with Gasteiger partial charge in [-0.3, -0.25) is 4.98 Å². The number of halogens is 1. The highest BCUT2D eigenvalue weighted by Crippen LogP contribution is 2.20. The molecule has 0 saturated carbocycles. The lowest BCUT2D eigenvalue weighted by molar-refractivity contribution is 0.565. The molecule has 19 heavy (non-hydrogen) atoms. The van der Waals surface area contributed by atoms with Crippen molar-refractivity contribution in [3.05, 3.63) is 54.1 Å². The molecule has 0 aliphatic rings. The fourth-order valence-electron chi connectivity index (χ4n) is 2.18. The van der Waals surface area contributed by atoms with Crippen molar-refractivity contribution < 1.29 is 4.39 Å². The smallest absolute Gasteiger partial charge is 0.142 e. The van der Waals surface area contributed by atoms with Gasteiger partial charge in [-0.1, -0.05) is 31.2 Å². The summed E-state index contributed by atoms with van der Waals surface area (Å²) in [6.07, 6.45) is 3.89. The van der Waals surface area contributed by atoms with Crippen molar-refractivity contribution in [2.45, 2.75) is 26.3 Å². The molecular weight excluding hydrogens is 239 g/mol. The van der Waals surface area contributed by atoms with E-state index >= 15 is 0 Å². The molecule has 3 heteroatoms. The van der Waals surface area contributed by atoms with Crippen molar-refractivity contribution in [2.24, 2.45) is 0 Å². The van der Waals surface area contributed by atoms with E-state index in [4.69, 9.17) is 0 Å². The lowest BCUT2D eigenvalue weighted by Gasteiger charge is -2.12. The normalized spacial score (nSPS) is 12.4. The summed E-state index contributed by atoms with van der Waals surface area (Å²) < 4.78 is 13.1. The number of aromatic nitrogens is 1. The average molecular weight is 258 g/mol. The Labute approximate surface area is 113 Å². The third-order valence-electron chi connectivity index (χ3n) is 3.09. The molecule has 1 N–H and O–H groups in total. The first-order chi connectivity index (χ1) is 9.19. The first-order valence-corrected chi connectivity index (χ1v) is 6.62. The van der Waals surface area contributed by atoms with E-state index in [-0.39, 0.29) is 5.82 Å². The lowest BCUT2D eigenvalue weighted by atomic mass is 10.0. The van der Waals surface area contributed by atoms with E-state index in [9.17, 15) is 4.39 Å². The molecule has 1 unspecified atom stereocenters. The minimum Gasteiger partial charge on any atom is -0.314 e. The summed E-state index contributed by atoms with van der Waals surface area (Å²) in [4.78, 5) is 3.87. The Morgan fingerprint density at radius 2 is 1.89 bits per heavy atom. The van der Waals surface area contributed by atoms with Gasteiger partial charge in [-0.25, -0.2) is 4.39 Å².